The number of fused-ring (bicyclic) bond motifs is 1. The predicted molar refractivity (Wildman–Crippen MR) is 75.1 cm³/mol. The molecule has 3 rings (SSSR count). The Kier molecular flexibility index (Phi) is 3.30. The van der Waals surface area contributed by atoms with Gasteiger partial charge in [0.1, 0.15) is 11.3 Å². The number of alkyl halides is 1. The Hall–Kier alpha value is -1.39. The van der Waals surface area contributed by atoms with Crippen molar-refractivity contribution in [1.82, 2.24) is 14.5 Å². The molecule has 3 aromatic rings. The van der Waals surface area contributed by atoms with Crippen LogP contribution in [0.25, 0.3) is 11.2 Å². The maximum Gasteiger partial charge on any atom is 0.160 e. The van der Waals surface area contributed by atoms with Gasteiger partial charge in [0.05, 0.1) is 5.88 Å². The van der Waals surface area contributed by atoms with Crippen LogP contribution < -0.4 is 0 Å². The van der Waals surface area contributed by atoms with E-state index in [0.29, 0.717) is 5.88 Å². The summed E-state index contributed by atoms with van der Waals surface area (Å²) >= 11 is 7.68. The highest BCUT2D eigenvalue weighted by atomic mass is 35.5. The van der Waals surface area contributed by atoms with Gasteiger partial charge in [-0.1, -0.05) is 0 Å². The molecule has 0 bridgehead atoms. The molecule has 0 saturated heterocycles. The van der Waals surface area contributed by atoms with Crippen molar-refractivity contribution in [2.24, 2.45) is 0 Å². The second-order valence-electron chi connectivity index (χ2n) is 4.04. The number of thiophene rings is 1. The van der Waals surface area contributed by atoms with Crippen molar-refractivity contribution in [3.8, 4) is 0 Å². The molecule has 18 heavy (non-hydrogen) atoms. The Bertz CT molecular complexity index is 645. The smallest absolute Gasteiger partial charge is 0.160 e. The van der Waals surface area contributed by atoms with E-state index in [9.17, 15) is 0 Å². The van der Waals surface area contributed by atoms with Crippen LogP contribution in [-0.2, 0) is 18.8 Å². The molecule has 0 radical (unpaired) electrons. The summed E-state index contributed by atoms with van der Waals surface area (Å²) in [6, 6.07) is 6.02. The molecule has 3 nitrogen and oxygen atoms in total. The van der Waals surface area contributed by atoms with E-state index in [0.717, 1.165) is 30.0 Å². The normalized spacial score (nSPS) is 11.2. The number of imidazole rings is 1. The summed E-state index contributed by atoms with van der Waals surface area (Å²) in [5.41, 5.74) is 3.18. The average Bonchev–Trinajstić information content (AvgIpc) is 3.03. The lowest BCUT2D eigenvalue weighted by molar-refractivity contribution is 0.683. The van der Waals surface area contributed by atoms with Crippen molar-refractivity contribution in [1.29, 1.82) is 0 Å². The number of rotatable bonds is 4. The molecule has 0 aromatic carbocycles. The largest absolute Gasteiger partial charge is 0.311 e. The van der Waals surface area contributed by atoms with Crippen LogP contribution in [-0.4, -0.2) is 14.5 Å². The third kappa shape index (κ3) is 2.13. The van der Waals surface area contributed by atoms with E-state index in [4.69, 9.17) is 11.6 Å². The van der Waals surface area contributed by atoms with Crippen LogP contribution in [0.15, 0.2) is 35.2 Å². The molecule has 0 fully saturated rings. The van der Waals surface area contributed by atoms with E-state index in [2.05, 4.69) is 31.4 Å². The molecular weight excluding hydrogens is 266 g/mol. The molecule has 0 aliphatic carbocycles. The van der Waals surface area contributed by atoms with Gasteiger partial charge in [-0.2, -0.15) is 11.3 Å². The molecule has 0 N–H and O–H groups in total. The summed E-state index contributed by atoms with van der Waals surface area (Å²) in [5.74, 6) is 1.31. The zero-order valence-corrected chi connectivity index (χ0v) is 11.3. The van der Waals surface area contributed by atoms with Crippen LogP contribution in [0.3, 0.4) is 0 Å². The van der Waals surface area contributed by atoms with Crippen molar-refractivity contribution in [2.75, 3.05) is 0 Å². The first kappa shape index (κ1) is 11.7. The fourth-order valence-corrected chi connectivity index (χ4v) is 2.93. The number of aryl methyl sites for hydroxylation is 2. The standard InChI is InChI=1S/C13H12ClN3S/c14-8-12-16-11-2-1-5-15-13(11)17(12)6-3-10-4-7-18-9-10/h1-2,4-5,7,9H,3,6,8H2. The first-order chi connectivity index (χ1) is 8.88. The molecule has 0 aliphatic heterocycles. The summed E-state index contributed by atoms with van der Waals surface area (Å²) < 4.78 is 2.11. The third-order valence-electron chi connectivity index (χ3n) is 2.91. The highest BCUT2D eigenvalue weighted by Crippen LogP contribution is 2.16. The first-order valence-corrected chi connectivity index (χ1v) is 7.23. The van der Waals surface area contributed by atoms with Gasteiger partial charge in [-0.25, -0.2) is 9.97 Å². The minimum atomic E-state index is 0.417. The lowest BCUT2D eigenvalue weighted by Gasteiger charge is -2.05. The van der Waals surface area contributed by atoms with Crippen molar-refractivity contribution in [2.45, 2.75) is 18.8 Å². The lowest BCUT2D eigenvalue weighted by Crippen LogP contribution is -2.05. The Labute approximate surface area is 114 Å². The zero-order chi connectivity index (χ0) is 12.4. The monoisotopic (exact) mass is 277 g/mol. The fourth-order valence-electron chi connectivity index (χ4n) is 2.02. The molecule has 92 valence electrons. The van der Waals surface area contributed by atoms with Gasteiger partial charge in [0.25, 0.3) is 0 Å². The summed E-state index contributed by atoms with van der Waals surface area (Å²) in [6.45, 7) is 0.867. The van der Waals surface area contributed by atoms with Crippen molar-refractivity contribution < 1.29 is 0 Å². The van der Waals surface area contributed by atoms with E-state index < -0.39 is 0 Å². The van der Waals surface area contributed by atoms with Gasteiger partial charge >= 0.3 is 0 Å². The lowest BCUT2D eigenvalue weighted by atomic mass is 10.2. The highest BCUT2D eigenvalue weighted by molar-refractivity contribution is 7.07. The number of aromatic nitrogens is 3. The van der Waals surface area contributed by atoms with Crippen LogP contribution in [0.1, 0.15) is 11.4 Å². The van der Waals surface area contributed by atoms with Crippen molar-refractivity contribution in [3.05, 3.63) is 46.5 Å². The SMILES string of the molecule is ClCc1nc2cccnc2n1CCc1ccsc1. The van der Waals surface area contributed by atoms with Gasteiger partial charge in [0.2, 0.25) is 0 Å². The minimum Gasteiger partial charge on any atom is -0.311 e. The van der Waals surface area contributed by atoms with E-state index in [1.54, 1.807) is 17.5 Å². The Morgan fingerprint density at radius 1 is 1.33 bits per heavy atom. The molecular formula is C13H12ClN3S. The van der Waals surface area contributed by atoms with Crippen LogP contribution in [0, 0.1) is 0 Å². The van der Waals surface area contributed by atoms with Gasteiger partial charge in [-0.05, 0) is 40.9 Å². The molecule has 0 saturated carbocycles. The summed E-state index contributed by atoms with van der Waals surface area (Å²) in [4.78, 5) is 8.90. The Balaban J connectivity index is 1.94. The van der Waals surface area contributed by atoms with Gasteiger partial charge in [0.15, 0.2) is 5.65 Å². The Morgan fingerprint density at radius 2 is 2.28 bits per heavy atom. The third-order valence-corrected chi connectivity index (χ3v) is 3.88. The molecule has 3 heterocycles. The first-order valence-electron chi connectivity index (χ1n) is 5.75. The van der Waals surface area contributed by atoms with Crippen LogP contribution in [0.2, 0.25) is 0 Å². The minimum absolute atomic E-state index is 0.417. The van der Waals surface area contributed by atoms with E-state index in [1.165, 1.54) is 5.56 Å². The van der Waals surface area contributed by atoms with Gasteiger partial charge in [-0.15, -0.1) is 11.6 Å². The molecule has 0 unspecified atom stereocenters. The van der Waals surface area contributed by atoms with Gasteiger partial charge in [0, 0.05) is 12.7 Å². The second kappa shape index (κ2) is 5.08. The molecule has 0 amide bonds. The van der Waals surface area contributed by atoms with Crippen molar-refractivity contribution >= 4 is 34.1 Å². The molecule has 5 heteroatoms. The number of hydrogen-bond donors (Lipinski definition) is 0. The summed E-state index contributed by atoms with van der Waals surface area (Å²) in [5, 5.41) is 4.27. The highest BCUT2D eigenvalue weighted by Gasteiger charge is 2.10. The van der Waals surface area contributed by atoms with Crippen LogP contribution in [0.4, 0.5) is 0 Å². The van der Waals surface area contributed by atoms with E-state index >= 15 is 0 Å². The number of nitrogens with zero attached hydrogens (tertiary/aromatic N) is 3. The Morgan fingerprint density at radius 3 is 3.06 bits per heavy atom. The molecule has 0 aliphatic rings. The van der Waals surface area contributed by atoms with E-state index in [-0.39, 0.29) is 0 Å². The molecule has 0 spiro atoms. The summed E-state index contributed by atoms with van der Waals surface area (Å²) in [7, 11) is 0. The van der Waals surface area contributed by atoms with Crippen LogP contribution >= 0.6 is 22.9 Å². The van der Waals surface area contributed by atoms with Gasteiger partial charge in [-0.3, -0.25) is 0 Å². The fraction of sp³-hybridized carbons (Fsp3) is 0.231. The predicted octanol–water partition coefficient (Wildman–Crippen LogP) is 3.47. The van der Waals surface area contributed by atoms with Crippen LogP contribution in [0.5, 0.6) is 0 Å². The zero-order valence-electron chi connectivity index (χ0n) is 9.71. The topological polar surface area (TPSA) is 30.7 Å². The number of halogens is 1. The van der Waals surface area contributed by atoms with E-state index in [1.807, 2.05) is 12.1 Å². The number of hydrogen-bond acceptors (Lipinski definition) is 3. The number of pyridine rings is 1. The maximum atomic E-state index is 5.96. The quantitative estimate of drug-likeness (QED) is 0.684. The molecule has 3 aromatic heterocycles. The second-order valence-corrected chi connectivity index (χ2v) is 5.09. The van der Waals surface area contributed by atoms with Crippen molar-refractivity contribution in [3.63, 3.8) is 0 Å². The average molecular weight is 278 g/mol. The summed E-state index contributed by atoms with van der Waals surface area (Å²) in [6.07, 6.45) is 2.78. The maximum absolute atomic E-state index is 5.96. The molecule has 0 atom stereocenters. The van der Waals surface area contributed by atoms with Gasteiger partial charge < -0.3 is 4.57 Å².